The molecule has 0 radical (unpaired) electrons. The molecule has 2 aromatic carbocycles. The van der Waals surface area contributed by atoms with E-state index in [0.717, 1.165) is 24.2 Å². The lowest BCUT2D eigenvalue weighted by atomic mass is 10.1. The van der Waals surface area contributed by atoms with Crippen LogP contribution in [0.5, 0.6) is 0 Å². The molecule has 150 valence electrons. The number of amides is 2. The number of rotatable bonds is 11. The number of anilines is 2. The third-order valence-electron chi connectivity index (χ3n) is 4.61. The second-order valence-electron chi connectivity index (χ2n) is 6.90. The van der Waals surface area contributed by atoms with Gasteiger partial charge in [-0.1, -0.05) is 56.9 Å². The van der Waals surface area contributed by atoms with Crippen molar-refractivity contribution in [1.82, 2.24) is 5.32 Å². The number of benzene rings is 2. The molecular weight excluding hydrogens is 350 g/mol. The monoisotopic (exact) mass is 381 g/mol. The Morgan fingerprint density at radius 1 is 0.929 bits per heavy atom. The maximum atomic E-state index is 12.7. The summed E-state index contributed by atoms with van der Waals surface area (Å²) in [5, 5.41) is 6.03. The van der Waals surface area contributed by atoms with Crippen LogP contribution in [0.15, 0.2) is 54.6 Å². The van der Waals surface area contributed by atoms with Crippen molar-refractivity contribution in [3.63, 3.8) is 0 Å². The summed E-state index contributed by atoms with van der Waals surface area (Å²) in [6.45, 7) is 3.10. The van der Waals surface area contributed by atoms with Gasteiger partial charge in [-0.25, -0.2) is 0 Å². The number of hydrogen-bond acceptors (Lipinski definition) is 3. The van der Waals surface area contributed by atoms with Crippen molar-refractivity contribution in [2.24, 2.45) is 0 Å². The van der Waals surface area contributed by atoms with Gasteiger partial charge in [-0.3, -0.25) is 9.59 Å². The minimum Gasteiger partial charge on any atom is -0.376 e. The molecule has 5 heteroatoms. The summed E-state index contributed by atoms with van der Waals surface area (Å²) in [6.07, 6.45) is 5.87. The fraction of sp³-hybridized carbons (Fsp3) is 0.391. The summed E-state index contributed by atoms with van der Waals surface area (Å²) in [4.78, 5) is 26.3. The minimum atomic E-state index is -0.0913. The van der Waals surface area contributed by atoms with Crippen LogP contribution >= 0.6 is 0 Å². The third kappa shape index (κ3) is 7.06. The molecule has 0 aromatic heterocycles. The SMILES string of the molecule is CCCCCCCNC(=O)CNc1cccc(C(=O)N(C)c2ccccc2)c1. The van der Waals surface area contributed by atoms with Gasteiger partial charge in [-0.05, 0) is 36.8 Å². The fourth-order valence-electron chi connectivity index (χ4n) is 2.93. The maximum absolute atomic E-state index is 12.7. The van der Waals surface area contributed by atoms with E-state index in [1.165, 1.54) is 19.3 Å². The second-order valence-corrected chi connectivity index (χ2v) is 6.90. The molecule has 0 fully saturated rings. The van der Waals surface area contributed by atoms with E-state index in [1.807, 2.05) is 42.5 Å². The molecule has 0 unspecified atom stereocenters. The van der Waals surface area contributed by atoms with Crippen molar-refractivity contribution in [2.45, 2.75) is 39.0 Å². The normalized spacial score (nSPS) is 10.4. The van der Waals surface area contributed by atoms with E-state index < -0.39 is 0 Å². The quantitative estimate of drug-likeness (QED) is 0.565. The molecule has 0 aliphatic heterocycles. The number of hydrogen-bond donors (Lipinski definition) is 2. The topological polar surface area (TPSA) is 61.4 Å². The van der Waals surface area contributed by atoms with E-state index in [9.17, 15) is 9.59 Å². The molecule has 0 heterocycles. The first-order chi connectivity index (χ1) is 13.6. The lowest BCUT2D eigenvalue weighted by Gasteiger charge is -2.18. The number of nitrogens with one attached hydrogen (secondary N) is 2. The van der Waals surface area contributed by atoms with E-state index in [4.69, 9.17) is 0 Å². The standard InChI is InChI=1S/C23H31N3O2/c1-3-4-5-6-10-16-24-22(27)18-25-20-13-11-12-19(17-20)23(28)26(2)21-14-8-7-9-15-21/h7-9,11-15,17,25H,3-6,10,16,18H2,1-2H3,(H,24,27). The van der Waals surface area contributed by atoms with Crippen LogP contribution in [0.1, 0.15) is 49.4 Å². The molecule has 28 heavy (non-hydrogen) atoms. The van der Waals surface area contributed by atoms with Crippen LogP contribution in [0.2, 0.25) is 0 Å². The average molecular weight is 382 g/mol. The molecule has 2 N–H and O–H groups in total. The van der Waals surface area contributed by atoms with Gasteiger partial charge in [0.05, 0.1) is 6.54 Å². The summed E-state index contributed by atoms with van der Waals surface area (Å²) < 4.78 is 0. The molecule has 2 amide bonds. The van der Waals surface area contributed by atoms with Gasteiger partial charge in [-0.15, -0.1) is 0 Å². The lowest BCUT2D eigenvalue weighted by molar-refractivity contribution is -0.119. The van der Waals surface area contributed by atoms with E-state index in [0.29, 0.717) is 12.1 Å². The van der Waals surface area contributed by atoms with Gasteiger partial charge in [0.1, 0.15) is 0 Å². The zero-order chi connectivity index (χ0) is 20.2. The van der Waals surface area contributed by atoms with Crippen molar-refractivity contribution < 1.29 is 9.59 Å². The Bertz CT molecular complexity index is 747. The van der Waals surface area contributed by atoms with Crippen LogP contribution in [-0.4, -0.2) is 32.0 Å². The average Bonchev–Trinajstić information content (AvgIpc) is 2.74. The molecule has 0 aliphatic rings. The van der Waals surface area contributed by atoms with Crippen LogP contribution in [-0.2, 0) is 4.79 Å². The van der Waals surface area contributed by atoms with Crippen molar-refractivity contribution in [3.8, 4) is 0 Å². The maximum Gasteiger partial charge on any atom is 0.258 e. The molecule has 0 spiro atoms. The summed E-state index contributed by atoms with van der Waals surface area (Å²) in [5.74, 6) is -0.125. The number of nitrogens with zero attached hydrogens (tertiary/aromatic N) is 1. The first kappa shape index (κ1) is 21.5. The van der Waals surface area contributed by atoms with E-state index in [-0.39, 0.29) is 18.4 Å². The molecule has 0 saturated carbocycles. The van der Waals surface area contributed by atoms with Crippen molar-refractivity contribution in [1.29, 1.82) is 0 Å². The van der Waals surface area contributed by atoms with Crippen LogP contribution < -0.4 is 15.5 Å². The smallest absolute Gasteiger partial charge is 0.258 e. The predicted molar refractivity (Wildman–Crippen MR) is 116 cm³/mol. The van der Waals surface area contributed by atoms with Gasteiger partial charge in [0.15, 0.2) is 0 Å². The molecule has 0 saturated heterocycles. The number of para-hydroxylation sites is 1. The predicted octanol–water partition coefficient (Wildman–Crippen LogP) is 4.46. The van der Waals surface area contributed by atoms with Crippen LogP contribution in [0.3, 0.4) is 0 Å². The van der Waals surface area contributed by atoms with Crippen LogP contribution in [0.4, 0.5) is 11.4 Å². The fourth-order valence-corrected chi connectivity index (χ4v) is 2.93. The lowest BCUT2D eigenvalue weighted by Crippen LogP contribution is -2.30. The molecule has 0 atom stereocenters. The van der Waals surface area contributed by atoms with Crippen LogP contribution in [0, 0.1) is 0 Å². The van der Waals surface area contributed by atoms with Crippen LogP contribution in [0.25, 0.3) is 0 Å². The van der Waals surface area contributed by atoms with Crippen molar-refractivity contribution >= 4 is 23.2 Å². The third-order valence-corrected chi connectivity index (χ3v) is 4.61. The Balaban J connectivity index is 1.81. The Labute approximate surface area is 168 Å². The molecule has 2 rings (SSSR count). The first-order valence-corrected chi connectivity index (χ1v) is 10.1. The summed E-state index contributed by atoms with van der Waals surface area (Å²) >= 11 is 0. The second kappa shape index (κ2) is 11.8. The Morgan fingerprint density at radius 3 is 2.43 bits per heavy atom. The minimum absolute atomic E-state index is 0.0337. The van der Waals surface area contributed by atoms with Gasteiger partial charge >= 0.3 is 0 Å². The van der Waals surface area contributed by atoms with E-state index in [2.05, 4.69) is 17.6 Å². The molecule has 0 aliphatic carbocycles. The molecule has 2 aromatic rings. The van der Waals surface area contributed by atoms with Gasteiger partial charge in [0, 0.05) is 30.5 Å². The number of carbonyl (C=O) groups is 2. The summed E-state index contributed by atoms with van der Waals surface area (Å²) in [7, 11) is 1.76. The highest BCUT2D eigenvalue weighted by atomic mass is 16.2. The van der Waals surface area contributed by atoms with Crippen molar-refractivity contribution in [3.05, 3.63) is 60.2 Å². The Morgan fingerprint density at radius 2 is 1.68 bits per heavy atom. The number of carbonyl (C=O) groups excluding carboxylic acids is 2. The molecular formula is C23H31N3O2. The highest BCUT2D eigenvalue weighted by Crippen LogP contribution is 2.17. The number of unbranched alkanes of at least 4 members (excludes halogenated alkanes) is 4. The largest absolute Gasteiger partial charge is 0.376 e. The summed E-state index contributed by atoms with van der Waals surface area (Å²) in [6, 6.07) is 16.8. The zero-order valence-corrected chi connectivity index (χ0v) is 16.9. The Kier molecular flexibility index (Phi) is 9.05. The van der Waals surface area contributed by atoms with Gasteiger partial charge in [-0.2, -0.15) is 0 Å². The highest BCUT2D eigenvalue weighted by molar-refractivity contribution is 6.06. The van der Waals surface area contributed by atoms with Gasteiger partial charge in [0.25, 0.3) is 5.91 Å². The zero-order valence-electron chi connectivity index (χ0n) is 16.9. The van der Waals surface area contributed by atoms with Gasteiger partial charge < -0.3 is 15.5 Å². The summed E-state index contributed by atoms with van der Waals surface area (Å²) in [5.41, 5.74) is 2.17. The Hall–Kier alpha value is -2.82. The molecule has 0 bridgehead atoms. The van der Waals surface area contributed by atoms with E-state index in [1.54, 1.807) is 24.1 Å². The van der Waals surface area contributed by atoms with Crippen molar-refractivity contribution in [2.75, 3.05) is 30.4 Å². The van der Waals surface area contributed by atoms with Gasteiger partial charge in [0.2, 0.25) is 5.91 Å². The van der Waals surface area contributed by atoms with E-state index >= 15 is 0 Å². The first-order valence-electron chi connectivity index (χ1n) is 10.1. The highest BCUT2D eigenvalue weighted by Gasteiger charge is 2.13. The molecule has 5 nitrogen and oxygen atoms in total.